The van der Waals surface area contributed by atoms with E-state index < -0.39 is 113 Å². The summed E-state index contributed by atoms with van der Waals surface area (Å²) in [5, 5.41) is 97.8. The molecule has 0 aliphatic rings. The Bertz CT molecular complexity index is 1960. The van der Waals surface area contributed by atoms with Crippen LogP contribution in [0.25, 0.3) is 22.3 Å². The molecule has 0 aliphatic heterocycles. The molecule has 0 N–H and O–H groups in total. The molecular weight excluding hydrogens is 640 g/mol. The Morgan fingerprint density at radius 1 is 0.435 bits per heavy atom. The second kappa shape index (κ2) is 12.0. The molecule has 238 valence electrons. The summed E-state index contributed by atoms with van der Waals surface area (Å²) in [6.07, 6.45) is 0. The summed E-state index contributed by atoms with van der Waals surface area (Å²) >= 11 is 0. The summed E-state index contributed by atoms with van der Waals surface area (Å²) < 4.78 is 9.49. The lowest BCUT2D eigenvalue weighted by Crippen LogP contribution is -2.12. The van der Waals surface area contributed by atoms with E-state index in [1.165, 1.54) is 6.07 Å². The van der Waals surface area contributed by atoms with Crippen LogP contribution in [0.1, 0.15) is 0 Å². The zero-order valence-corrected chi connectivity index (χ0v) is 22.2. The van der Waals surface area contributed by atoms with Gasteiger partial charge in [0.25, 0.3) is 11.4 Å². The molecule has 0 fully saturated rings. The molecular formula is C20H10N8O18. The highest BCUT2D eigenvalue weighted by atomic mass is 16.7. The first-order chi connectivity index (χ1) is 21.4. The molecule has 3 aromatic carbocycles. The van der Waals surface area contributed by atoms with Gasteiger partial charge in [-0.05, 0) is 17.7 Å². The third-order valence-electron chi connectivity index (χ3n) is 6.02. The van der Waals surface area contributed by atoms with Crippen molar-refractivity contribution in [3.63, 3.8) is 0 Å². The van der Waals surface area contributed by atoms with E-state index in [-0.39, 0.29) is 5.75 Å². The molecule has 3 aromatic rings. The molecule has 0 heterocycles. The van der Waals surface area contributed by atoms with E-state index >= 15 is 0 Å². The summed E-state index contributed by atoms with van der Waals surface area (Å²) in [6.45, 7) is 0. The number of rotatable bonds is 12. The van der Waals surface area contributed by atoms with Crippen LogP contribution in [-0.2, 0) is 0 Å². The number of nitro groups is 8. The summed E-state index contributed by atoms with van der Waals surface area (Å²) in [5.41, 5.74) is -23.7. The Kier molecular flexibility index (Phi) is 8.59. The highest BCUT2D eigenvalue weighted by Crippen LogP contribution is 2.62. The summed E-state index contributed by atoms with van der Waals surface area (Å²) in [5.74, 6) is -2.02. The van der Waals surface area contributed by atoms with Gasteiger partial charge in [0.1, 0.15) is 11.3 Å². The van der Waals surface area contributed by atoms with Crippen LogP contribution < -0.4 is 9.47 Å². The van der Waals surface area contributed by atoms with Gasteiger partial charge in [-0.3, -0.25) is 80.9 Å². The van der Waals surface area contributed by atoms with Crippen molar-refractivity contribution >= 4 is 45.5 Å². The number of nitro benzene ring substituents is 8. The molecule has 0 aromatic heterocycles. The first-order valence-electron chi connectivity index (χ1n) is 11.3. The first kappa shape index (κ1) is 33.0. The average molecular weight is 650 g/mol. The fourth-order valence-electron chi connectivity index (χ4n) is 4.50. The summed E-state index contributed by atoms with van der Waals surface area (Å²) in [4.78, 5) is 83.5. The zero-order valence-electron chi connectivity index (χ0n) is 22.2. The molecule has 0 spiro atoms. The molecule has 0 atom stereocenters. The number of ether oxygens (including phenoxy) is 2. The fourth-order valence-corrected chi connectivity index (χ4v) is 4.50. The zero-order chi connectivity index (χ0) is 34.9. The first-order valence-corrected chi connectivity index (χ1v) is 11.3. The van der Waals surface area contributed by atoms with Crippen molar-refractivity contribution in [2.45, 2.75) is 0 Å². The molecule has 0 saturated carbocycles. The van der Waals surface area contributed by atoms with Gasteiger partial charge in [0.05, 0.1) is 53.6 Å². The lowest BCUT2D eigenvalue weighted by atomic mass is 9.89. The van der Waals surface area contributed by atoms with E-state index in [1.807, 2.05) is 0 Å². The Labute approximate surface area is 248 Å². The van der Waals surface area contributed by atoms with Crippen LogP contribution in [0.15, 0.2) is 24.3 Å². The minimum Gasteiger partial charge on any atom is -0.497 e. The Morgan fingerprint density at radius 3 is 1.17 bits per heavy atom. The molecule has 26 heteroatoms. The molecule has 0 saturated heterocycles. The van der Waals surface area contributed by atoms with E-state index in [4.69, 9.17) is 4.74 Å². The van der Waals surface area contributed by atoms with Gasteiger partial charge in [-0.1, -0.05) is 12.1 Å². The predicted octanol–water partition coefficient (Wildman–Crippen LogP) is 4.30. The maximum absolute atomic E-state index is 12.6. The van der Waals surface area contributed by atoms with Crippen LogP contribution in [0.2, 0.25) is 0 Å². The largest absolute Gasteiger partial charge is 0.497 e. The lowest BCUT2D eigenvalue weighted by Gasteiger charge is -2.13. The van der Waals surface area contributed by atoms with Gasteiger partial charge in [0.2, 0.25) is 0 Å². The van der Waals surface area contributed by atoms with Crippen LogP contribution >= 0.6 is 0 Å². The molecule has 0 amide bonds. The van der Waals surface area contributed by atoms with Crippen LogP contribution in [0.3, 0.4) is 0 Å². The second-order valence-corrected chi connectivity index (χ2v) is 8.24. The predicted molar refractivity (Wildman–Crippen MR) is 144 cm³/mol. The average Bonchev–Trinajstić information content (AvgIpc) is 2.97. The number of methoxy groups -OCH3 is 2. The number of hydrogen-bond acceptors (Lipinski definition) is 18. The monoisotopic (exact) mass is 650 g/mol. The Hall–Kier alpha value is -7.54. The summed E-state index contributed by atoms with van der Waals surface area (Å²) in [7, 11) is 1.47. The smallest absolute Gasteiger partial charge is 0.427 e. The van der Waals surface area contributed by atoms with E-state index in [0.29, 0.717) is 7.11 Å². The third kappa shape index (κ3) is 5.14. The van der Waals surface area contributed by atoms with Crippen molar-refractivity contribution in [1.82, 2.24) is 0 Å². The normalized spacial score (nSPS) is 10.5. The molecule has 0 aliphatic carbocycles. The fraction of sp³-hybridized carbons (Fsp3) is 0.100. The van der Waals surface area contributed by atoms with Gasteiger partial charge < -0.3 is 9.47 Å². The lowest BCUT2D eigenvalue weighted by molar-refractivity contribution is -0.444. The van der Waals surface area contributed by atoms with Crippen molar-refractivity contribution < 1.29 is 48.9 Å². The van der Waals surface area contributed by atoms with Gasteiger partial charge in [0, 0.05) is 0 Å². The Balaban J connectivity index is 3.09. The van der Waals surface area contributed by atoms with Crippen LogP contribution in [0, 0.1) is 80.9 Å². The molecule has 0 radical (unpaired) electrons. The molecule has 0 bridgehead atoms. The van der Waals surface area contributed by atoms with Crippen molar-refractivity contribution in [1.29, 1.82) is 0 Å². The van der Waals surface area contributed by atoms with Crippen LogP contribution in [0.5, 0.6) is 11.5 Å². The number of hydrogen-bond donors (Lipinski definition) is 0. The van der Waals surface area contributed by atoms with Gasteiger partial charge in [-0.25, -0.2) is 0 Å². The Morgan fingerprint density at radius 2 is 0.804 bits per heavy atom. The maximum Gasteiger partial charge on any atom is 0.427 e. The second-order valence-electron chi connectivity index (χ2n) is 8.24. The van der Waals surface area contributed by atoms with Crippen molar-refractivity contribution in [3.05, 3.63) is 105 Å². The molecule has 0 unspecified atom stereocenters. The van der Waals surface area contributed by atoms with Crippen LogP contribution in [-0.4, -0.2) is 53.6 Å². The van der Waals surface area contributed by atoms with Crippen LogP contribution in [0.4, 0.5) is 45.5 Å². The van der Waals surface area contributed by atoms with Gasteiger partial charge in [-0.2, -0.15) is 0 Å². The number of nitrogens with zero attached hydrogens (tertiary/aromatic N) is 8. The standard InChI is InChI=1S/C20H10N8O18/c1-45-8-5-3-4-7(6-8)9-12(21(29)30)10(14(23(33)34)17(26(39)40)13(9)22(31)32)11-15(24(35)36)18(27(41)42)19(28(43)44)20(46-2)16(11)25(37)38/h3-6H,1-2H3. The van der Waals surface area contributed by atoms with Gasteiger partial charge in [-0.15, -0.1) is 0 Å². The van der Waals surface area contributed by atoms with Gasteiger partial charge >= 0.3 is 39.8 Å². The highest BCUT2D eigenvalue weighted by Gasteiger charge is 2.57. The van der Waals surface area contributed by atoms with E-state index in [0.717, 1.165) is 25.3 Å². The SMILES string of the molecule is COc1cccc(-c2c([N+](=O)[O-])c(-c3c([N+](=O)[O-])c(OC)c([N+](=O)[O-])c([N+](=O)[O-])c3[N+](=O)[O-])c([N+](=O)[O-])c([N+](=O)[O-])c2[N+](=O)[O-])c1. The van der Waals surface area contributed by atoms with E-state index in [2.05, 4.69) is 4.74 Å². The molecule has 3 rings (SSSR count). The third-order valence-corrected chi connectivity index (χ3v) is 6.02. The van der Waals surface area contributed by atoms with Crippen molar-refractivity contribution in [2.24, 2.45) is 0 Å². The molecule has 26 nitrogen and oxygen atoms in total. The van der Waals surface area contributed by atoms with E-state index in [1.54, 1.807) is 0 Å². The summed E-state index contributed by atoms with van der Waals surface area (Å²) in [6, 6.07) is 3.82. The topological polar surface area (TPSA) is 364 Å². The minimum atomic E-state index is -2.35. The minimum absolute atomic E-state index is 0.228. The van der Waals surface area contributed by atoms with E-state index in [9.17, 15) is 80.9 Å². The maximum atomic E-state index is 12.6. The molecule has 46 heavy (non-hydrogen) atoms. The quantitative estimate of drug-likeness (QED) is 0.194. The number of benzene rings is 3. The van der Waals surface area contributed by atoms with Crippen molar-refractivity contribution in [2.75, 3.05) is 14.2 Å². The van der Waals surface area contributed by atoms with Gasteiger partial charge in [0.15, 0.2) is 11.1 Å². The van der Waals surface area contributed by atoms with Crippen molar-refractivity contribution in [3.8, 4) is 33.8 Å². The highest BCUT2D eigenvalue weighted by molar-refractivity contribution is 6.08.